The van der Waals surface area contributed by atoms with E-state index in [2.05, 4.69) is 22.1 Å². The maximum absolute atomic E-state index is 12.9. The van der Waals surface area contributed by atoms with E-state index in [1.165, 1.54) is 0 Å². The third-order valence-electron chi connectivity index (χ3n) is 5.16. The second-order valence-corrected chi connectivity index (χ2v) is 6.29. The average Bonchev–Trinajstić information content (AvgIpc) is 3.19. The van der Waals surface area contributed by atoms with Gasteiger partial charge in [0, 0.05) is 36.6 Å². The molecule has 4 heteroatoms. The van der Waals surface area contributed by atoms with E-state index in [0.717, 1.165) is 42.7 Å². The zero-order valence-electron chi connectivity index (χ0n) is 12.3. The van der Waals surface area contributed by atoms with Gasteiger partial charge in [0.05, 0.1) is 0 Å². The number of likely N-dealkylation sites (tertiary alicyclic amines) is 1. The zero-order valence-corrected chi connectivity index (χ0v) is 12.3. The molecule has 1 aromatic heterocycles. The fourth-order valence-electron chi connectivity index (χ4n) is 4.12. The Hall–Kier alpha value is -1.81. The minimum absolute atomic E-state index is 0.160. The molecule has 2 aliphatic rings. The van der Waals surface area contributed by atoms with Crippen molar-refractivity contribution < 1.29 is 4.79 Å². The number of aromatic nitrogens is 1. The van der Waals surface area contributed by atoms with Gasteiger partial charge in [-0.1, -0.05) is 25.1 Å². The molecular weight excluding hydrogens is 262 g/mol. The Morgan fingerprint density at radius 2 is 2.19 bits per heavy atom. The van der Waals surface area contributed by atoms with E-state index < -0.39 is 0 Å². The summed E-state index contributed by atoms with van der Waals surface area (Å²) in [5.74, 6) is 1.42. The first-order chi connectivity index (χ1) is 10.3. The molecule has 1 amide bonds. The second kappa shape index (κ2) is 4.88. The monoisotopic (exact) mass is 283 g/mol. The summed E-state index contributed by atoms with van der Waals surface area (Å²) in [6, 6.07) is 10.4. The van der Waals surface area contributed by atoms with Crippen LogP contribution in [0.2, 0.25) is 0 Å². The van der Waals surface area contributed by atoms with Crippen LogP contribution in [0.25, 0.3) is 10.9 Å². The molecule has 2 fully saturated rings. The van der Waals surface area contributed by atoms with Crippen LogP contribution in [0.1, 0.15) is 23.8 Å². The Kier molecular flexibility index (Phi) is 3.00. The molecule has 4 nitrogen and oxygen atoms in total. The molecule has 1 aromatic carbocycles. The topological polar surface area (TPSA) is 48.1 Å². The highest BCUT2D eigenvalue weighted by Gasteiger charge is 2.45. The summed E-state index contributed by atoms with van der Waals surface area (Å²) in [5, 5.41) is 4.57. The first-order valence-electron chi connectivity index (χ1n) is 7.87. The Labute approximate surface area is 124 Å². The van der Waals surface area contributed by atoms with Crippen molar-refractivity contribution in [1.29, 1.82) is 0 Å². The highest BCUT2D eigenvalue weighted by Crippen LogP contribution is 2.35. The average molecular weight is 283 g/mol. The first-order valence-corrected chi connectivity index (χ1v) is 7.87. The number of benzene rings is 1. The lowest BCUT2D eigenvalue weighted by atomic mass is 9.93. The van der Waals surface area contributed by atoms with Crippen LogP contribution in [0.3, 0.4) is 0 Å². The minimum Gasteiger partial charge on any atom is -0.351 e. The fourth-order valence-corrected chi connectivity index (χ4v) is 4.12. The lowest BCUT2D eigenvalue weighted by Gasteiger charge is -2.26. The van der Waals surface area contributed by atoms with E-state index in [9.17, 15) is 4.79 Å². The third-order valence-corrected chi connectivity index (χ3v) is 5.16. The number of hydrogen-bond donors (Lipinski definition) is 2. The van der Waals surface area contributed by atoms with Gasteiger partial charge in [-0.15, -0.1) is 0 Å². The molecule has 0 saturated carbocycles. The number of fused-ring (bicyclic) bond motifs is 2. The zero-order chi connectivity index (χ0) is 14.4. The molecule has 3 unspecified atom stereocenters. The molecule has 2 N–H and O–H groups in total. The molecule has 2 aromatic rings. The highest BCUT2D eigenvalue weighted by molar-refractivity contribution is 5.98. The predicted molar refractivity (Wildman–Crippen MR) is 83.3 cm³/mol. The summed E-state index contributed by atoms with van der Waals surface area (Å²) in [7, 11) is 0. The number of nitrogens with one attached hydrogen (secondary N) is 2. The Morgan fingerprint density at radius 1 is 1.33 bits per heavy atom. The second-order valence-electron chi connectivity index (χ2n) is 6.29. The normalized spacial score (nSPS) is 28.2. The Balaban J connectivity index is 1.64. The lowest BCUT2D eigenvalue weighted by Crippen LogP contribution is -2.39. The summed E-state index contributed by atoms with van der Waals surface area (Å²) in [6.07, 6.45) is 1.04. The quantitative estimate of drug-likeness (QED) is 0.888. The van der Waals surface area contributed by atoms with Crippen molar-refractivity contribution in [3.63, 3.8) is 0 Å². The molecule has 2 saturated heterocycles. The van der Waals surface area contributed by atoms with E-state index in [1.807, 2.05) is 30.3 Å². The van der Waals surface area contributed by atoms with Crippen molar-refractivity contribution >= 4 is 16.8 Å². The van der Waals surface area contributed by atoms with Gasteiger partial charge in [0.1, 0.15) is 5.69 Å². The minimum atomic E-state index is 0.160. The van der Waals surface area contributed by atoms with Crippen molar-refractivity contribution in [1.82, 2.24) is 15.2 Å². The first kappa shape index (κ1) is 12.9. The van der Waals surface area contributed by atoms with Gasteiger partial charge in [-0.2, -0.15) is 0 Å². The summed E-state index contributed by atoms with van der Waals surface area (Å²) in [4.78, 5) is 18.3. The summed E-state index contributed by atoms with van der Waals surface area (Å²) in [6.45, 7) is 5.19. The fraction of sp³-hybridized carbons (Fsp3) is 0.471. The molecule has 110 valence electrons. The van der Waals surface area contributed by atoms with Gasteiger partial charge in [0.15, 0.2) is 0 Å². The molecule has 0 aliphatic carbocycles. The molecular formula is C17H21N3O. The molecule has 2 aliphatic heterocycles. The predicted octanol–water partition coefficient (Wildman–Crippen LogP) is 2.24. The molecule has 0 bridgehead atoms. The standard InChI is InChI=1S/C17H21N3O/c1-2-16-13-9-18-8-12(13)10-20(16)17(21)15-7-11-5-3-4-6-14(11)19-15/h3-7,12-13,16,18-19H,2,8-10H2,1H3. The van der Waals surface area contributed by atoms with Crippen LogP contribution < -0.4 is 5.32 Å². The van der Waals surface area contributed by atoms with Crippen LogP contribution in [-0.2, 0) is 0 Å². The molecule has 0 radical (unpaired) electrons. The van der Waals surface area contributed by atoms with Crippen LogP contribution in [0.15, 0.2) is 30.3 Å². The third kappa shape index (κ3) is 1.97. The maximum Gasteiger partial charge on any atom is 0.270 e. The van der Waals surface area contributed by atoms with E-state index in [-0.39, 0.29) is 5.91 Å². The number of aromatic amines is 1. The van der Waals surface area contributed by atoms with Gasteiger partial charge in [0.2, 0.25) is 0 Å². The maximum atomic E-state index is 12.9. The number of carbonyl (C=O) groups excluding carboxylic acids is 1. The highest BCUT2D eigenvalue weighted by atomic mass is 16.2. The van der Waals surface area contributed by atoms with Crippen LogP contribution in [0.5, 0.6) is 0 Å². The van der Waals surface area contributed by atoms with Crippen LogP contribution in [0.4, 0.5) is 0 Å². The number of carbonyl (C=O) groups is 1. The van der Waals surface area contributed by atoms with Gasteiger partial charge in [-0.25, -0.2) is 0 Å². The van der Waals surface area contributed by atoms with Crippen molar-refractivity contribution in [2.24, 2.45) is 11.8 Å². The van der Waals surface area contributed by atoms with Crippen LogP contribution in [-0.4, -0.2) is 41.5 Å². The van der Waals surface area contributed by atoms with E-state index in [4.69, 9.17) is 0 Å². The van der Waals surface area contributed by atoms with E-state index in [1.54, 1.807) is 0 Å². The number of hydrogen-bond acceptors (Lipinski definition) is 2. The van der Waals surface area contributed by atoms with E-state index in [0.29, 0.717) is 17.9 Å². The lowest BCUT2D eigenvalue weighted by molar-refractivity contribution is 0.0706. The number of para-hydroxylation sites is 1. The molecule has 4 rings (SSSR count). The number of rotatable bonds is 2. The SMILES string of the molecule is CCC1C2CNCC2CN1C(=O)c1cc2ccccc2[nH]1. The van der Waals surface area contributed by atoms with Gasteiger partial charge < -0.3 is 15.2 Å². The largest absolute Gasteiger partial charge is 0.351 e. The summed E-state index contributed by atoms with van der Waals surface area (Å²) >= 11 is 0. The van der Waals surface area contributed by atoms with Gasteiger partial charge in [-0.3, -0.25) is 4.79 Å². The number of H-pyrrole nitrogens is 1. The summed E-state index contributed by atoms with van der Waals surface area (Å²) in [5.41, 5.74) is 1.76. The van der Waals surface area contributed by atoms with Gasteiger partial charge >= 0.3 is 0 Å². The molecule has 3 atom stereocenters. The smallest absolute Gasteiger partial charge is 0.270 e. The van der Waals surface area contributed by atoms with E-state index >= 15 is 0 Å². The van der Waals surface area contributed by atoms with Gasteiger partial charge in [0.25, 0.3) is 5.91 Å². The number of nitrogens with zero attached hydrogens (tertiary/aromatic N) is 1. The van der Waals surface area contributed by atoms with Crippen molar-refractivity contribution in [2.75, 3.05) is 19.6 Å². The van der Waals surface area contributed by atoms with Crippen LogP contribution in [0, 0.1) is 11.8 Å². The number of amides is 1. The Morgan fingerprint density at radius 3 is 3.00 bits per heavy atom. The van der Waals surface area contributed by atoms with Crippen molar-refractivity contribution in [3.8, 4) is 0 Å². The van der Waals surface area contributed by atoms with Crippen LogP contribution >= 0.6 is 0 Å². The summed E-state index contributed by atoms with van der Waals surface area (Å²) < 4.78 is 0. The Bertz CT molecular complexity index is 644. The van der Waals surface area contributed by atoms with Gasteiger partial charge in [-0.05, 0) is 30.4 Å². The molecule has 21 heavy (non-hydrogen) atoms. The molecule has 3 heterocycles. The molecule has 0 spiro atoms. The van der Waals surface area contributed by atoms with Crippen molar-refractivity contribution in [3.05, 3.63) is 36.0 Å². The van der Waals surface area contributed by atoms with Crippen molar-refractivity contribution in [2.45, 2.75) is 19.4 Å².